The van der Waals surface area contributed by atoms with Crippen molar-refractivity contribution in [2.75, 3.05) is 20.8 Å². The van der Waals surface area contributed by atoms with Crippen LogP contribution < -0.4 is 9.47 Å². The van der Waals surface area contributed by atoms with Crippen LogP contribution in [-0.2, 0) is 4.79 Å². The van der Waals surface area contributed by atoms with Crippen molar-refractivity contribution in [3.8, 4) is 11.5 Å². The van der Waals surface area contributed by atoms with Crippen molar-refractivity contribution in [1.82, 2.24) is 4.90 Å². The number of likely N-dealkylation sites (tertiary alicyclic amines) is 1. The van der Waals surface area contributed by atoms with Crippen molar-refractivity contribution < 1.29 is 24.2 Å². The third kappa shape index (κ3) is 2.79. The second kappa shape index (κ2) is 6.03. The lowest BCUT2D eigenvalue weighted by Gasteiger charge is -2.22. The number of methoxy groups -OCH3 is 2. The summed E-state index contributed by atoms with van der Waals surface area (Å²) in [5.74, 6) is -0.184. The summed E-state index contributed by atoms with van der Waals surface area (Å²) in [6.45, 7) is 2.29. The Balaban J connectivity index is 2.37. The fourth-order valence-electron chi connectivity index (χ4n) is 2.64. The third-order valence-corrected chi connectivity index (χ3v) is 3.80. The van der Waals surface area contributed by atoms with E-state index in [9.17, 15) is 14.7 Å². The lowest BCUT2D eigenvalue weighted by atomic mass is 10.1. The molecule has 0 aromatic heterocycles. The highest BCUT2D eigenvalue weighted by Gasteiger charge is 2.34. The Kier molecular flexibility index (Phi) is 4.35. The largest absolute Gasteiger partial charge is 0.496 e. The molecule has 0 aliphatic carbocycles. The van der Waals surface area contributed by atoms with Crippen molar-refractivity contribution >= 4 is 11.9 Å². The van der Waals surface area contributed by atoms with E-state index in [2.05, 4.69) is 0 Å². The lowest BCUT2D eigenvalue weighted by Crippen LogP contribution is -2.40. The van der Waals surface area contributed by atoms with Crippen LogP contribution in [0.25, 0.3) is 0 Å². The van der Waals surface area contributed by atoms with E-state index in [-0.39, 0.29) is 5.91 Å². The molecular weight excluding hydrogens is 274 g/mol. The van der Waals surface area contributed by atoms with Gasteiger partial charge in [0, 0.05) is 17.7 Å². The van der Waals surface area contributed by atoms with Gasteiger partial charge >= 0.3 is 5.97 Å². The lowest BCUT2D eigenvalue weighted by molar-refractivity contribution is -0.141. The zero-order chi connectivity index (χ0) is 15.6. The molecule has 0 saturated carbocycles. The molecule has 6 heteroatoms. The van der Waals surface area contributed by atoms with Gasteiger partial charge in [0.05, 0.1) is 14.2 Å². The highest BCUT2D eigenvalue weighted by molar-refractivity contribution is 5.97. The van der Waals surface area contributed by atoms with Crippen LogP contribution in [0.2, 0.25) is 0 Å². The number of carbonyl (C=O) groups is 2. The Bertz CT molecular complexity index is 544. The summed E-state index contributed by atoms with van der Waals surface area (Å²) in [6.07, 6.45) is 1.18. The normalized spacial score (nSPS) is 17.7. The standard InChI is InChI=1S/C15H19NO5/c1-9-12(20-2)7-10(8-13(9)21-3)14(17)16-6-4-5-11(16)15(18)19/h7-8,11H,4-6H2,1-3H3,(H,18,19). The minimum Gasteiger partial charge on any atom is -0.496 e. The van der Waals surface area contributed by atoms with Crippen molar-refractivity contribution in [1.29, 1.82) is 0 Å². The highest BCUT2D eigenvalue weighted by Crippen LogP contribution is 2.31. The molecule has 1 fully saturated rings. The van der Waals surface area contributed by atoms with Crippen LogP contribution >= 0.6 is 0 Å². The summed E-state index contributed by atoms with van der Waals surface area (Å²) in [6, 6.07) is 2.49. The number of ether oxygens (including phenoxy) is 2. The molecule has 21 heavy (non-hydrogen) atoms. The number of benzene rings is 1. The first kappa shape index (κ1) is 15.2. The molecule has 1 aliphatic rings. The molecule has 1 unspecified atom stereocenters. The molecule has 1 N–H and O–H groups in total. The van der Waals surface area contributed by atoms with Gasteiger partial charge in [0.1, 0.15) is 17.5 Å². The number of carboxylic acid groups (broad SMARTS) is 1. The highest BCUT2D eigenvalue weighted by atomic mass is 16.5. The molecule has 0 bridgehead atoms. The quantitative estimate of drug-likeness (QED) is 0.914. The van der Waals surface area contributed by atoms with Crippen molar-refractivity contribution in [3.63, 3.8) is 0 Å². The minimum atomic E-state index is -0.966. The van der Waals surface area contributed by atoms with Crippen LogP contribution in [0.5, 0.6) is 11.5 Å². The van der Waals surface area contributed by atoms with E-state index in [1.165, 1.54) is 19.1 Å². The first-order chi connectivity index (χ1) is 9.99. The van der Waals surface area contributed by atoms with Gasteiger partial charge in [0.15, 0.2) is 0 Å². The zero-order valence-corrected chi connectivity index (χ0v) is 12.4. The average molecular weight is 293 g/mol. The number of carbonyl (C=O) groups excluding carboxylic acids is 1. The van der Waals surface area contributed by atoms with E-state index in [0.29, 0.717) is 36.4 Å². The Hall–Kier alpha value is -2.24. The van der Waals surface area contributed by atoms with Gasteiger partial charge in [0.25, 0.3) is 5.91 Å². The van der Waals surface area contributed by atoms with Crippen molar-refractivity contribution in [2.24, 2.45) is 0 Å². The van der Waals surface area contributed by atoms with Crippen LogP contribution in [-0.4, -0.2) is 48.7 Å². The number of aliphatic carboxylic acids is 1. The van der Waals surface area contributed by atoms with Crippen molar-refractivity contribution in [3.05, 3.63) is 23.3 Å². The SMILES string of the molecule is COc1cc(C(=O)N2CCCC2C(=O)O)cc(OC)c1C. The zero-order valence-electron chi connectivity index (χ0n) is 12.4. The van der Waals surface area contributed by atoms with Gasteiger partial charge < -0.3 is 19.5 Å². The van der Waals surface area contributed by atoms with Gasteiger partial charge in [-0.2, -0.15) is 0 Å². The molecule has 1 heterocycles. The summed E-state index contributed by atoms with van der Waals surface area (Å²) < 4.78 is 10.5. The van der Waals surface area contributed by atoms with E-state index in [1.54, 1.807) is 12.1 Å². The number of nitrogens with zero attached hydrogens (tertiary/aromatic N) is 1. The molecule has 0 radical (unpaired) electrons. The van der Waals surface area contributed by atoms with E-state index >= 15 is 0 Å². The van der Waals surface area contributed by atoms with E-state index in [0.717, 1.165) is 5.56 Å². The fourth-order valence-corrected chi connectivity index (χ4v) is 2.64. The molecular formula is C15H19NO5. The Morgan fingerprint density at radius 3 is 2.29 bits per heavy atom. The maximum Gasteiger partial charge on any atom is 0.326 e. The molecule has 1 amide bonds. The first-order valence-corrected chi connectivity index (χ1v) is 6.76. The van der Waals surface area contributed by atoms with Crippen LogP contribution in [0.4, 0.5) is 0 Å². The fraction of sp³-hybridized carbons (Fsp3) is 0.467. The molecule has 1 aromatic carbocycles. The van der Waals surface area contributed by atoms with Gasteiger partial charge in [-0.1, -0.05) is 0 Å². The predicted octanol–water partition coefficient (Wildman–Crippen LogP) is 1.70. The van der Waals surface area contributed by atoms with Crippen LogP contribution in [0, 0.1) is 6.92 Å². The summed E-state index contributed by atoms with van der Waals surface area (Å²) in [5.41, 5.74) is 1.18. The summed E-state index contributed by atoms with van der Waals surface area (Å²) in [4.78, 5) is 25.2. The van der Waals surface area contributed by atoms with Gasteiger partial charge in [0.2, 0.25) is 0 Å². The third-order valence-electron chi connectivity index (χ3n) is 3.80. The maximum atomic E-state index is 12.6. The second-order valence-electron chi connectivity index (χ2n) is 5.00. The van der Waals surface area contributed by atoms with Gasteiger partial charge in [-0.15, -0.1) is 0 Å². The monoisotopic (exact) mass is 293 g/mol. The average Bonchev–Trinajstić information content (AvgIpc) is 2.96. The molecule has 1 saturated heterocycles. The number of amides is 1. The molecule has 2 rings (SSSR count). The second-order valence-corrected chi connectivity index (χ2v) is 5.00. The maximum absolute atomic E-state index is 12.6. The number of hydrogen-bond donors (Lipinski definition) is 1. The molecule has 6 nitrogen and oxygen atoms in total. The van der Waals surface area contributed by atoms with Crippen LogP contribution in [0.15, 0.2) is 12.1 Å². The summed E-state index contributed by atoms with van der Waals surface area (Å²) >= 11 is 0. The number of hydrogen-bond acceptors (Lipinski definition) is 4. The van der Waals surface area contributed by atoms with E-state index in [4.69, 9.17) is 9.47 Å². The smallest absolute Gasteiger partial charge is 0.326 e. The Labute approximate surface area is 123 Å². The Morgan fingerprint density at radius 2 is 1.81 bits per heavy atom. The molecule has 1 aliphatic heterocycles. The molecule has 0 spiro atoms. The van der Waals surface area contributed by atoms with Crippen molar-refractivity contribution in [2.45, 2.75) is 25.8 Å². The first-order valence-electron chi connectivity index (χ1n) is 6.76. The van der Waals surface area contributed by atoms with Crippen LogP contribution in [0.3, 0.4) is 0 Å². The predicted molar refractivity (Wildman–Crippen MR) is 76.0 cm³/mol. The van der Waals surface area contributed by atoms with E-state index < -0.39 is 12.0 Å². The van der Waals surface area contributed by atoms with E-state index in [1.807, 2.05) is 6.92 Å². The Morgan fingerprint density at radius 1 is 1.24 bits per heavy atom. The number of carboxylic acids is 1. The molecule has 114 valence electrons. The topological polar surface area (TPSA) is 76.1 Å². The summed E-state index contributed by atoms with van der Waals surface area (Å²) in [5, 5.41) is 9.18. The van der Waals surface area contributed by atoms with Gasteiger partial charge in [-0.05, 0) is 31.9 Å². The molecule has 1 atom stereocenters. The number of rotatable bonds is 4. The van der Waals surface area contributed by atoms with Crippen LogP contribution in [0.1, 0.15) is 28.8 Å². The summed E-state index contributed by atoms with van der Waals surface area (Å²) in [7, 11) is 3.04. The molecule has 1 aromatic rings. The van der Waals surface area contributed by atoms with Gasteiger partial charge in [-0.3, -0.25) is 4.79 Å². The van der Waals surface area contributed by atoms with Gasteiger partial charge in [-0.25, -0.2) is 4.79 Å². The minimum absolute atomic E-state index is 0.309.